The lowest BCUT2D eigenvalue weighted by Gasteiger charge is -2.40. The number of anilines is 1. The molecule has 6 aliphatic heterocycles. The highest BCUT2D eigenvalue weighted by Gasteiger charge is 2.49. The fraction of sp³-hybridized carbons (Fsp3) is 0.557. The molecule has 0 unspecified atom stereocenters. The lowest BCUT2D eigenvalue weighted by molar-refractivity contribution is -0.147. The zero-order valence-electron chi connectivity index (χ0n) is 46.6. The summed E-state index contributed by atoms with van der Waals surface area (Å²) < 4.78 is 7.91. The predicted octanol–water partition coefficient (Wildman–Crippen LogP) is 8.04. The molecule has 7 aliphatic rings. The maximum atomic E-state index is 15.1. The van der Waals surface area contributed by atoms with Gasteiger partial charge in [0, 0.05) is 77.1 Å². The van der Waals surface area contributed by atoms with Gasteiger partial charge in [0.15, 0.2) is 0 Å². The van der Waals surface area contributed by atoms with E-state index in [9.17, 15) is 14.7 Å². The molecule has 1 saturated carbocycles. The van der Waals surface area contributed by atoms with Crippen LogP contribution < -0.4 is 21.3 Å². The number of aliphatic hydroxyl groups excluding tert-OH is 1. The molecule has 16 nitrogen and oxygen atoms in total. The Morgan fingerprint density at radius 3 is 2.41 bits per heavy atom. The van der Waals surface area contributed by atoms with Crippen LogP contribution in [0.4, 0.5) is 5.69 Å². The molecule has 2 aromatic heterocycles. The number of nitrogens with zero attached hydrogens (tertiary/aromatic N) is 9. The Bertz CT molecular complexity index is 3150. The second-order valence-electron chi connectivity index (χ2n) is 24.7. The molecule has 3 N–H and O–H groups in total. The predicted molar refractivity (Wildman–Crippen MR) is 311 cm³/mol. The molecule has 18 heteroatoms. The number of likely N-dealkylation sites (tertiary alicyclic amines) is 2. The molecule has 1 aliphatic carbocycles. The van der Waals surface area contributed by atoms with Crippen molar-refractivity contribution >= 4 is 51.3 Å². The Morgan fingerprint density at radius 1 is 0.949 bits per heavy atom. The van der Waals surface area contributed by atoms with Crippen molar-refractivity contribution in [2.75, 3.05) is 84.1 Å². The number of aliphatic hydroxyl groups is 1. The summed E-state index contributed by atoms with van der Waals surface area (Å²) in [6.45, 7) is 16.9. The van der Waals surface area contributed by atoms with Crippen LogP contribution in [0.1, 0.15) is 114 Å². The number of allylic oxidation sites excluding steroid dienone is 1. The van der Waals surface area contributed by atoms with E-state index in [0.717, 1.165) is 142 Å². The zero-order chi connectivity index (χ0) is 54.7. The standard InChI is InChI=1S/C61H78ClN11O5S/c1-39-54(79-38-63-39)43-14-12-41(13-15-43)48(36-69-28-30-78-31-29-69)64-56(75)51-33-45(74)35-71(51)58(77)55(60(2,3)4)72-37-52(67(5)66-72)42-20-24-68(25-21-42)34-40-18-26-70(27-19-40)44-16-17-46-50(32-44)73-49-11-9-10-47(62)53(49)57(76)65-59(73)61(46)22-7-6-8-23-61/h9-17,32,37-38,40,42,45,48,51,55,66,74H,6-8,18-31,33-36H2,1-5H3,(H,64,75)/t45-,48+,51+,55-/m1/s1. The molecule has 4 atom stereocenters. The normalized spacial score (nSPS) is 23.1. The Labute approximate surface area is 473 Å². The number of β-amino-alcohol motifs (C(OH)–C–C–N with tert-alkyl or cyclic N) is 1. The lowest BCUT2D eigenvalue weighted by Crippen LogP contribution is -2.59. The number of amides is 2. The number of piperidine rings is 2. The van der Waals surface area contributed by atoms with Crippen LogP contribution in [0.25, 0.3) is 27.0 Å². The average Bonchev–Trinajstić information content (AvgIpc) is 3.21. The van der Waals surface area contributed by atoms with E-state index in [1.54, 1.807) is 22.3 Å². The quantitative estimate of drug-likeness (QED) is 0.111. The number of fused-ring (bicyclic) bond motifs is 7. The van der Waals surface area contributed by atoms with Crippen molar-refractivity contribution in [3.8, 4) is 16.1 Å². The molecule has 420 valence electrons. The molecule has 1 spiro atoms. The van der Waals surface area contributed by atoms with Gasteiger partial charge in [-0.1, -0.05) is 88.0 Å². The van der Waals surface area contributed by atoms with Gasteiger partial charge in [0.1, 0.15) is 17.9 Å². The molecule has 0 bridgehead atoms. The van der Waals surface area contributed by atoms with Gasteiger partial charge < -0.3 is 29.9 Å². The second-order valence-corrected chi connectivity index (χ2v) is 26.0. The third kappa shape index (κ3) is 10.5. The molecule has 0 radical (unpaired) electrons. The average molecular weight is 1110 g/mol. The smallest absolute Gasteiger partial charge is 0.282 e. The lowest BCUT2D eigenvalue weighted by atomic mass is 9.70. The minimum absolute atomic E-state index is 0.0949. The van der Waals surface area contributed by atoms with Gasteiger partial charge in [0.05, 0.1) is 74.2 Å². The first kappa shape index (κ1) is 54.2. The first-order valence-electron chi connectivity index (χ1n) is 29.1. The van der Waals surface area contributed by atoms with Gasteiger partial charge >= 0.3 is 0 Å². The van der Waals surface area contributed by atoms with Crippen LogP contribution in [0.15, 0.2) is 82.9 Å². The van der Waals surface area contributed by atoms with Gasteiger partial charge in [0.2, 0.25) is 11.8 Å². The van der Waals surface area contributed by atoms with Crippen molar-refractivity contribution in [3.05, 3.63) is 116 Å². The van der Waals surface area contributed by atoms with Crippen molar-refractivity contribution in [2.24, 2.45) is 17.3 Å². The Balaban J connectivity index is 0.679. The zero-order valence-corrected chi connectivity index (χ0v) is 48.2. The number of ether oxygens (including phenoxy) is 1. The van der Waals surface area contributed by atoms with Crippen LogP contribution in [-0.4, -0.2) is 154 Å². The summed E-state index contributed by atoms with van der Waals surface area (Å²) in [6.07, 6.45) is 11.3. The van der Waals surface area contributed by atoms with E-state index < -0.39 is 23.6 Å². The number of morpholine rings is 1. The summed E-state index contributed by atoms with van der Waals surface area (Å²) in [7, 11) is 2.04. The van der Waals surface area contributed by atoms with Gasteiger partial charge in [-0.3, -0.25) is 33.9 Å². The Hall–Kier alpha value is -5.40. The highest BCUT2D eigenvalue weighted by Crippen LogP contribution is 2.52. The van der Waals surface area contributed by atoms with Crippen molar-refractivity contribution in [1.82, 2.24) is 50.1 Å². The number of aromatic nitrogens is 3. The van der Waals surface area contributed by atoms with Gasteiger partial charge in [-0.15, -0.1) is 16.9 Å². The van der Waals surface area contributed by atoms with Gasteiger partial charge in [-0.2, -0.15) is 4.98 Å². The number of halogens is 1. The summed E-state index contributed by atoms with van der Waals surface area (Å²) in [6, 6.07) is 19.3. The van der Waals surface area contributed by atoms with Crippen LogP contribution in [-0.2, 0) is 19.7 Å². The van der Waals surface area contributed by atoms with Crippen molar-refractivity contribution in [1.29, 1.82) is 0 Å². The largest absolute Gasteiger partial charge is 0.391 e. The number of carbonyl (C=O) groups is 2. The first-order valence-corrected chi connectivity index (χ1v) is 30.3. The SMILES string of the molecule is Cc1ncsc1-c1ccc([C@H](CN2CCOCC2)NC(=O)[C@@H]2C[C@@H](O)CN2C(=O)[C@@H](N2C=C(C3CCN(CC4CCN(c5ccc6c(c5)-n5c(nc(=O)c7c(Cl)cccc75)C65CCCCC5)CC4)CC3)N(C)N2)C(C)(C)C)cc1. The van der Waals surface area contributed by atoms with E-state index in [4.69, 9.17) is 21.3 Å². The minimum Gasteiger partial charge on any atom is -0.391 e. The van der Waals surface area contributed by atoms with Gasteiger partial charge in [-0.25, -0.2) is 4.98 Å². The number of carbonyl (C=O) groups excluding carboxylic acids is 2. The summed E-state index contributed by atoms with van der Waals surface area (Å²) in [5.41, 5.74) is 13.1. The van der Waals surface area contributed by atoms with Crippen molar-refractivity contribution in [3.63, 3.8) is 0 Å². The molecule has 12 rings (SSSR count). The molecular formula is C61H78ClN11O5S. The number of thiazole rings is 1. The number of nitrogens with one attached hydrogen (secondary N) is 2. The fourth-order valence-corrected chi connectivity index (χ4v) is 15.4. The number of hydrogen-bond acceptors (Lipinski definition) is 14. The number of aryl methyl sites for hydroxylation is 1. The molecule has 79 heavy (non-hydrogen) atoms. The number of rotatable bonds is 12. The van der Waals surface area contributed by atoms with Crippen molar-refractivity contribution in [2.45, 2.75) is 122 Å². The van der Waals surface area contributed by atoms with Crippen LogP contribution in [0, 0.1) is 24.2 Å². The highest BCUT2D eigenvalue weighted by molar-refractivity contribution is 7.13. The van der Waals surface area contributed by atoms with E-state index in [1.807, 2.05) is 36.6 Å². The number of hydrazine groups is 2. The van der Waals surface area contributed by atoms with Crippen LogP contribution in [0.3, 0.4) is 0 Å². The van der Waals surface area contributed by atoms with E-state index in [-0.39, 0.29) is 41.8 Å². The molecule has 5 aromatic rings. The van der Waals surface area contributed by atoms with Gasteiger partial charge in [0.25, 0.3) is 5.56 Å². The molecule has 2 amide bonds. The molecule has 3 aromatic carbocycles. The molecular weight excluding hydrogens is 1030 g/mol. The summed E-state index contributed by atoms with van der Waals surface area (Å²) >= 11 is 8.28. The van der Waals surface area contributed by atoms with E-state index in [2.05, 4.69) is 110 Å². The number of hydrogen-bond donors (Lipinski definition) is 3. The van der Waals surface area contributed by atoms with E-state index >= 15 is 4.79 Å². The summed E-state index contributed by atoms with van der Waals surface area (Å²) in [5.74, 6) is 1.40. The minimum atomic E-state index is -0.821. The summed E-state index contributed by atoms with van der Waals surface area (Å²) in [4.78, 5) is 62.7. The topological polar surface area (TPSA) is 155 Å². The monoisotopic (exact) mass is 1110 g/mol. The summed E-state index contributed by atoms with van der Waals surface area (Å²) in [5, 5.41) is 19.5. The maximum Gasteiger partial charge on any atom is 0.282 e. The molecule has 8 heterocycles. The Kier molecular flexibility index (Phi) is 15.2. The fourth-order valence-electron chi connectivity index (χ4n) is 14.4. The van der Waals surface area contributed by atoms with Crippen molar-refractivity contribution < 1.29 is 19.4 Å². The van der Waals surface area contributed by atoms with Gasteiger partial charge in [-0.05, 0) is 111 Å². The van der Waals surface area contributed by atoms with E-state index in [1.165, 1.54) is 17.7 Å². The Morgan fingerprint density at radius 2 is 1.70 bits per heavy atom. The highest BCUT2D eigenvalue weighted by atomic mass is 35.5. The first-order chi connectivity index (χ1) is 38.1. The van der Waals surface area contributed by atoms with Crippen LogP contribution >= 0.6 is 22.9 Å². The molecule has 5 fully saturated rings. The third-order valence-electron chi connectivity index (χ3n) is 18.5. The molecule has 4 saturated heterocycles. The third-order valence-corrected chi connectivity index (χ3v) is 19.8. The van der Waals surface area contributed by atoms with Crippen LogP contribution in [0.2, 0.25) is 5.02 Å². The number of benzene rings is 3. The maximum absolute atomic E-state index is 15.1. The van der Waals surface area contributed by atoms with Crippen LogP contribution in [0.5, 0.6) is 0 Å². The second kappa shape index (κ2) is 22.2. The van der Waals surface area contributed by atoms with E-state index in [0.29, 0.717) is 42.0 Å².